The van der Waals surface area contributed by atoms with Crippen LogP contribution in [0.4, 0.5) is 4.79 Å². The van der Waals surface area contributed by atoms with Gasteiger partial charge in [-0.3, -0.25) is 20.2 Å². The summed E-state index contributed by atoms with van der Waals surface area (Å²) in [5.74, 6) is -1.21. The van der Waals surface area contributed by atoms with E-state index in [1.54, 1.807) is 29.7 Å². The molecule has 0 saturated carbocycles. The standard InChI is InChI=1S/C12H13N3O5/c1-20-8-4-2-7(3-5-8)6-12(15-19)9(16)13-11(18)14-10(12)17/h2-5,15,19H,6H2,1H3,(H2,13,14,16,17,18). The Labute approximate surface area is 114 Å². The van der Waals surface area contributed by atoms with Gasteiger partial charge in [-0.25, -0.2) is 4.79 Å². The van der Waals surface area contributed by atoms with Gasteiger partial charge in [0.15, 0.2) is 0 Å². The molecule has 4 N–H and O–H groups in total. The highest BCUT2D eigenvalue weighted by molar-refractivity contribution is 6.22. The van der Waals surface area contributed by atoms with Crippen LogP contribution >= 0.6 is 0 Å². The van der Waals surface area contributed by atoms with Crippen LogP contribution in [0.3, 0.4) is 0 Å². The largest absolute Gasteiger partial charge is 0.497 e. The van der Waals surface area contributed by atoms with Crippen molar-refractivity contribution in [1.29, 1.82) is 0 Å². The highest BCUT2D eigenvalue weighted by Gasteiger charge is 2.50. The van der Waals surface area contributed by atoms with Gasteiger partial charge in [-0.05, 0) is 17.7 Å². The maximum absolute atomic E-state index is 11.9. The van der Waals surface area contributed by atoms with Crippen molar-refractivity contribution in [2.45, 2.75) is 12.0 Å². The number of urea groups is 1. The van der Waals surface area contributed by atoms with Crippen LogP contribution in [0.25, 0.3) is 0 Å². The number of amides is 4. The summed E-state index contributed by atoms with van der Waals surface area (Å²) in [6, 6.07) is 5.69. The highest BCUT2D eigenvalue weighted by atomic mass is 16.5. The van der Waals surface area contributed by atoms with Crippen molar-refractivity contribution in [3.8, 4) is 5.75 Å². The smallest absolute Gasteiger partial charge is 0.328 e. The van der Waals surface area contributed by atoms with Gasteiger partial charge in [-0.1, -0.05) is 12.1 Å². The van der Waals surface area contributed by atoms with Gasteiger partial charge in [0.1, 0.15) is 5.75 Å². The Balaban J connectivity index is 2.28. The normalized spacial score (nSPS) is 17.4. The van der Waals surface area contributed by atoms with Crippen LogP contribution in [0.1, 0.15) is 5.56 Å². The molecule has 4 amide bonds. The van der Waals surface area contributed by atoms with E-state index in [-0.39, 0.29) is 6.42 Å². The van der Waals surface area contributed by atoms with Crippen molar-refractivity contribution in [3.05, 3.63) is 29.8 Å². The van der Waals surface area contributed by atoms with Gasteiger partial charge in [0.05, 0.1) is 7.11 Å². The maximum atomic E-state index is 11.9. The van der Waals surface area contributed by atoms with Gasteiger partial charge in [-0.15, -0.1) is 0 Å². The third-order valence-electron chi connectivity index (χ3n) is 3.05. The van der Waals surface area contributed by atoms with E-state index in [9.17, 15) is 19.6 Å². The number of carbonyl (C=O) groups is 3. The Hall–Kier alpha value is -2.45. The molecule has 20 heavy (non-hydrogen) atoms. The molecule has 1 saturated heterocycles. The minimum atomic E-state index is -1.94. The predicted molar refractivity (Wildman–Crippen MR) is 66.0 cm³/mol. The van der Waals surface area contributed by atoms with Crippen molar-refractivity contribution >= 4 is 17.8 Å². The fourth-order valence-corrected chi connectivity index (χ4v) is 1.91. The number of benzene rings is 1. The van der Waals surface area contributed by atoms with Crippen LogP contribution < -0.4 is 20.9 Å². The van der Waals surface area contributed by atoms with E-state index < -0.39 is 23.4 Å². The first-order chi connectivity index (χ1) is 9.51. The zero-order valence-electron chi connectivity index (χ0n) is 10.6. The van der Waals surface area contributed by atoms with Crippen LogP contribution in [-0.2, 0) is 16.0 Å². The lowest BCUT2D eigenvalue weighted by Crippen LogP contribution is -2.72. The number of nitrogens with one attached hydrogen (secondary N) is 3. The minimum Gasteiger partial charge on any atom is -0.497 e. The number of imide groups is 2. The van der Waals surface area contributed by atoms with Crippen molar-refractivity contribution < 1.29 is 24.3 Å². The monoisotopic (exact) mass is 279 g/mol. The molecule has 8 heteroatoms. The predicted octanol–water partition coefficient (Wildman–Crippen LogP) is -0.679. The number of carbonyl (C=O) groups excluding carboxylic acids is 3. The topological polar surface area (TPSA) is 117 Å². The molecule has 106 valence electrons. The number of rotatable bonds is 4. The number of ether oxygens (including phenoxy) is 1. The van der Waals surface area contributed by atoms with E-state index in [1.165, 1.54) is 7.11 Å². The van der Waals surface area contributed by atoms with Gasteiger partial charge < -0.3 is 9.94 Å². The molecule has 0 bridgehead atoms. The Kier molecular flexibility index (Phi) is 3.68. The molecule has 1 aromatic carbocycles. The molecule has 0 aliphatic carbocycles. The van der Waals surface area contributed by atoms with Gasteiger partial charge in [0, 0.05) is 6.42 Å². The van der Waals surface area contributed by atoms with Crippen LogP contribution in [0.5, 0.6) is 5.75 Å². The summed E-state index contributed by atoms with van der Waals surface area (Å²) in [5.41, 5.74) is 0.369. The molecule has 1 aliphatic rings. The lowest BCUT2D eigenvalue weighted by molar-refractivity contribution is -0.145. The second-order valence-electron chi connectivity index (χ2n) is 4.28. The van der Waals surface area contributed by atoms with E-state index in [0.29, 0.717) is 11.3 Å². The molecule has 0 aromatic heterocycles. The minimum absolute atomic E-state index is 0.127. The molecule has 2 rings (SSSR count). The van der Waals surface area contributed by atoms with E-state index in [4.69, 9.17) is 4.74 Å². The molecule has 1 heterocycles. The first-order valence-corrected chi connectivity index (χ1v) is 5.73. The summed E-state index contributed by atoms with van der Waals surface area (Å²) in [5, 5.41) is 13.1. The summed E-state index contributed by atoms with van der Waals surface area (Å²) < 4.78 is 5.00. The molecular formula is C12H13N3O5. The lowest BCUT2D eigenvalue weighted by atomic mass is 9.88. The number of methoxy groups -OCH3 is 1. The Bertz CT molecular complexity index is 535. The van der Waals surface area contributed by atoms with Gasteiger partial charge in [0.25, 0.3) is 11.8 Å². The molecule has 0 spiro atoms. The molecule has 1 aromatic rings. The first-order valence-electron chi connectivity index (χ1n) is 5.73. The maximum Gasteiger partial charge on any atom is 0.328 e. The molecule has 1 aliphatic heterocycles. The van der Waals surface area contributed by atoms with Crippen LogP contribution in [0.2, 0.25) is 0 Å². The van der Waals surface area contributed by atoms with Gasteiger partial charge >= 0.3 is 6.03 Å². The highest BCUT2D eigenvalue weighted by Crippen LogP contribution is 2.19. The van der Waals surface area contributed by atoms with Crippen LogP contribution in [0.15, 0.2) is 24.3 Å². The first kappa shape index (κ1) is 14.0. The summed E-state index contributed by atoms with van der Waals surface area (Å²) in [6.07, 6.45) is -0.127. The fraction of sp³-hybridized carbons (Fsp3) is 0.250. The number of hydroxylamine groups is 1. The second-order valence-corrected chi connectivity index (χ2v) is 4.28. The van der Waals surface area contributed by atoms with E-state index in [0.717, 1.165) is 0 Å². The van der Waals surface area contributed by atoms with Crippen molar-refractivity contribution in [1.82, 2.24) is 16.1 Å². The third-order valence-corrected chi connectivity index (χ3v) is 3.05. The van der Waals surface area contributed by atoms with Crippen LogP contribution in [0, 0.1) is 0 Å². The summed E-state index contributed by atoms with van der Waals surface area (Å²) in [7, 11) is 1.51. The van der Waals surface area contributed by atoms with Crippen molar-refractivity contribution in [2.24, 2.45) is 0 Å². The zero-order valence-corrected chi connectivity index (χ0v) is 10.6. The SMILES string of the molecule is COc1ccc(CC2(NO)C(=O)NC(=O)NC2=O)cc1. The second kappa shape index (κ2) is 5.27. The molecular weight excluding hydrogens is 266 g/mol. The third kappa shape index (κ3) is 2.33. The quantitative estimate of drug-likeness (QED) is 0.428. The Morgan fingerprint density at radius 2 is 1.70 bits per heavy atom. The number of barbiturate groups is 1. The van der Waals surface area contributed by atoms with Gasteiger partial charge in [0.2, 0.25) is 5.54 Å². The fourth-order valence-electron chi connectivity index (χ4n) is 1.91. The molecule has 8 nitrogen and oxygen atoms in total. The van der Waals surface area contributed by atoms with Crippen LogP contribution in [-0.4, -0.2) is 35.7 Å². The summed E-state index contributed by atoms with van der Waals surface area (Å²) in [6.45, 7) is 0. The summed E-state index contributed by atoms with van der Waals surface area (Å²) >= 11 is 0. The number of hydrogen-bond donors (Lipinski definition) is 4. The van der Waals surface area contributed by atoms with Gasteiger partial charge in [-0.2, -0.15) is 5.48 Å². The Morgan fingerprint density at radius 1 is 1.15 bits per heavy atom. The molecule has 0 atom stereocenters. The molecule has 0 radical (unpaired) electrons. The zero-order chi connectivity index (χ0) is 14.8. The van der Waals surface area contributed by atoms with E-state index in [2.05, 4.69) is 0 Å². The van der Waals surface area contributed by atoms with Crippen molar-refractivity contribution in [2.75, 3.05) is 7.11 Å². The lowest BCUT2D eigenvalue weighted by Gasteiger charge is -2.32. The average Bonchev–Trinajstić information content (AvgIpc) is 2.43. The van der Waals surface area contributed by atoms with Crippen molar-refractivity contribution in [3.63, 3.8) is 0 Å². The Morgan fingerprint density at radius 3 is 2.15 bits per heavy atom. The molecule has 0 unspecified atom stereocenters. The van der Waals surface area contributed by atoms with E-state index >= 15 is 0 Å². The summed E-state index contributed by atoms with van der Waals surface area (Å²) in [4.78, 5) is 34.7. The van der Waals surface area contributed by atoms with E-state index in [1.807, 2.05) is 10.6 Å². The number of hydrogen-bond acceptors (Lipinski definition) is 6. The average molecular weight is 279 g/mol. The molecule has 1 fully saturated rings.